The van der Waals surface area contributed by atoms with E-state index in [1.165, 1.54) is 29.2 Å². The summed E-state index contributed by atoms with van der Waals surface area (Å²) in [6.45, 7) is 2.97. The van der Waals surface area contributed by atoms with Crippen molar-refractivity contribution >= 4 is 35.6 Å². The van der Waals surface area contributed by atoms with Crippen molar-refractivity contribution in [3.8, 4) is 5.75 Å². The summed E-state index contributed by atoms with van der Waals surface area (Å²) in [5.74, 6) is 0.601. The summed E-state index contributed by atoms with van der Waals surface area (Å²) in [5.41, 5.74) is -0.853. The number of nitrogens with zero attached hydrogens (tertiary/aromatic N) is 4. The summed E-state index contributed by atoms with van der Waals surface area (Å²) in [6.07, 6.45) is -1.74. The Labute approximate surface area is 194 Å². The van der Waals surface area contributed by atoms with Crippen molar-refractivity contribution in [2.24, 2.45) is 4.99 Å². The number of halogens is 4. The Morgan fingerprint density at radius 1 is 1.39 bits per heavy atom. The Morgan fingerprint density at radius 3 is 2.71 bits per heavy atom. The van der Waals surface area contributed by atoms with E-state index in [1.807, 2.05) is 6.92 Å². The molecule has 0 fully saturated rings. The van der Waals surface area contributed by atoms with Crippen LogP contribution in [0, 0.1) is 10.1 Å². The van der Waals surface area contributed by atoms with Crippen LogP contribution in [0.2, 0.25) is 0 Å². The van der Waals surface area contributed by atoms with Crippen LogP contribution in [-0.4, -0.2) is 46.9 Å². The summed E-state index contributed by atoms with van der Waals surface area (Å²) in [6, 6.07) is 4.75. The molecule has 0 aliphatic heterocycles. The van der Waals surface area contributed by atoms with Gasteiger partial charge in [-0.3, -0.25) is 19.8 Å². The highest BCUT2D eigenvalue weighted by Crippen LogP contribution is 2.31. The van der Waals surface area contributed by atoms with Gasteiger partial charge in [0.15, 0.2) is 5.96 Å². The van der Waals surface area contributed by atoms with Crippen LogP contribution in [0.25, 0.3) is 0 Å². The zero-order valence-corrected chi connectivity index (χ0v) is 19.3. The van der Waals surface area contributed by atoms with E-state index in [-0.39, 0.29) is 41.5 Å². The maximum Gasteiger partial charge on any atom is 0.416 e. The third kappa shape index (κ3) is 8.59. The van der Waals surface area contributed by atoms with E-state index < -0.39 is 16.7 Å². The zero-order chi connectivity index (χ0) is 22.1. The first-order valence-electron chi connectivity index (χ1n) is 9.18. The third-order valence-corrected chi connectivity index (χ3v) is 4.10. The van der Waals surface area contributed by atoms with Gasteiger partial charge in [-0.2, -0.15) is 18.3 Å². The topological polar surface area (TPSA) is 107 Å². The molecule has 1 atom stereocenters. The third-order valence-electron chi connectivity index (χ3n) is 4.10. The van der Waals surface area contributed by atoms with Crippen LogP contribution in [0.3, 0.4) is 0 Å². The van der Waals surface area contributed by atoms with E-state index in [2.05, 4.69) is 20.7 Å². The fraction of sp³-hybridized carbons (Fsp3) is 0.444. The minimum Gasteiger partial charge on any atom is -0.489 e. The Bertz CT molecular complexity index is 875. The molecule has 172 valence electrons. The summed E-state index contributed by atoms with van der Waals surface area (Å²) >= 11 is 0. The van der Waals surface area contributed by atoms with E-state index in [0.717, 1.165) is 12.1 Å². The fourth-order valence-electron chi connectivity index (χ4n) is 2.50. The van der Waals surface area contributed by atoms with Crippen LogP contribution in [0.15, 0.2) is 41.7 Å². The van der Waals surface area contributed by atoms with Gasteiger partial charge in [0.2, 0.25) is 0 Å². The average Bonchev–Trinajstić information content (AvgIpc) is 3.18. The van der Waals surface area contributed by atoms with Crippen molar-refractivity contribution in [3.63, 3.8) is 0 Å². The fourth-order valence-corrected chi connectivity index (χ4v) is 2.50. The first kappa shape index (κ1) is 26.5. The highest BCUT2D eigenvalue weighted by atomic mass is 127. The van der Waals surface area contributed by atoms with Crippen LogP contribution >= 0.6 is 24.0 Å². The van der Waals surface area contributed by atoms with Gasteiger partial charge >= 0.3 is 11.9 Å². The van der Waals surface area contributed by atoms with Crippen LogP contribution in [-0.2, 0) is 12.7 Å². The lowest BCUT2D eigenvalue weighted by atomic mass is 10.2. The van der Waals surface area contributed by atoms with E-state index >= 15 is 0 Å². The number of aliphatic imine (C=N–C) groups is 1. The van der Waals surface area contributed by atoms with Gasteiger partial charge in [0.05, 0.1) is 23.6 Å². The second-order valence-corrected chi connectivity index (χ2v) is 6.27. The first-order valence-corrected chi connectivity index (χ1v) is 9.18. The molecule has 0 saturated heterocycles. The molecule has 0 amide bonds. The maximum absolute atomic E-state index is 12.8. The number of guanidine groups is 1. The van der Waals surface area contributed by atoms with Gasteiger partial charge in [-0.25, -0.2) is 0 Å². The number of alkyl halides is 3. The molecule has 2 N–H and O–H groups in total. The molecule has 0 aliphatic rings. The Balaban J connectivity index is 0.00000480. The molecule has 1 unspecified atom stereocenters. The Hall–Kier alpha value is -2.58. The largest absolute Gasteiger partial charge is 0.489 e. The molecule has 0 aliphatic carbocycles. The standard InChI is InChI=1S/C18H23F3N6O3.HI/c1-3-15(30-16-6-4-5-13(9-16)18(19,20)21)11-24-17(22-2)23-7-8-26-12-14(10-25-26)27(28)29;/h4-6,9-10,12,15H,3,7-8,11H2,1-2H3,(H2,22,23,24);1H. The lowest BCUT2D eigenvalue weighted by Gasteiger charge is -2.20. The highest BCUT2D eigenvalue weighted by Gasteiger charge is 2.30. The number of nitrogens with one attached hydrogen (secondary N) is 2. The number of hydrogen-bond donors (Lipinski definition) is 2. The van der Waals surface area contributed by atoms with Gasteiger partial charge in [0.1, 0.15) is 24.2 Å². The molecule has 0 spiro atoms. The van der Waals surface area contributed by atoms with Gasteiger partial charge in [-0.05, 0) is 24.6 Å². The van der Waals surface area contributed by atoms with Gasteiger partial charge in [0.25, 0.3) is 0 Å². The van der Waals surface area contributed by atoms with Crippen LogP contribution in [0.5, 0.6) is 5.75 Å². The molecule has 13 heteroatoms. The molecule has 0 saturated carbocycles. The van der Waals surface area contributed by atoms with E-state index in [4.69, 9.17) is 4.74 Å². The number of nitro groups is 1. The Morgan fingerprint density at radius 2 is 2.13 bits per heavy atom. The maximum atomic E-state index is 12.8. The van der Waals surface area contributed by atoms with Crippen LogP contribution in [0.4, 0.5) is 18.9 Å². The molecule has 31 heavy (non-hydrogen) atoms. The number of benzene rings is 1. The number of aromatic nitrogens is 2. The van der Waals surface area contributed by atoms with Gasteiger partial charge in [-0.15, -0.1) is 24.0 Å². The van der Waals surface area contributed by atoms with Crippen molar-refractivity contribution < 1.29 is 22.8 Å². The Kier molecular flexibility index (Phi) is 10.5. The summed E-state index contributed by atoms with van der Waals surface area (Å²) in [4.78, 5) is 14.2. The highest BCUT2D eigenvalue weighted by molar-refractivity contribution is 14.0. The summed E-state index contributed by atoms with van der Waals surface area (Å²) in [7, 11) is 1.57. The van der Waals surface area contributed by atoms with E-state index in [1.54, 1.807) is 7.05 Å². The van der Waals surface area contributed by atoms with Gasteiger partial charge in [0, 0.05) is 13.6 Å². The van der Waals surface area contributed by atoms with Crippen molar-refractivity contribution in [2.45, 2.75) is 32.2 Å². The molecule has 2 aromatic rings. The van der Waals surface area contributed by atoms with Crippen molar-refractivity contribution in [3.05, 3.63) is 52.3 Å². The van der Waals surface area contributed by atoms with E-state index in [0.29, 0.717) is 32.0 Å². The molecule has 9 nitrogen and oxygen atoms in total. The van der Waals surface area contributed by atoms with Crippen LogP contribution in [0.1, 0.15) is 18.9 Å². The molecular formula is C18H24F3IN6O3. The summed E-state index contributed by atoms with van der Waals surface area (Å²) < 4.78 is 45.6. The number of hydrogen-bond acceptors (Lipinski definition) is 5. The molecule has 0 radical (unpaired) electrons. The number of ether oxygens (including phenoxy) is 1. The monoisotopic (exact) mass is 556 g/mol. The van der Waals surface area contributed by atoms with Crippen molar-refractivity contribution in [1.29, 1.82) is 0 Å². The van der Waals surface area contributed by atoms with Gasteiger partial charge < -0.3 is 15.4 Å². The molecule has 2 rings (SSSR count). The lowest BCUT2D eigenvalue weighted by molar-refractivity contribution is -0.385. The second-order valence-electron chi connectivity index (χ2n) is 6.27. The van der Waals surface area contributed by atoms with Crippen LogP contribution < -0.4 is 15.4 Å². The quantitative estimate of drug-likeness (QED) is 0.161. The smallest absolute Gasteiger partial charge is 0.416 e. The predicted molar refractivity (Wildman–Crippen MR) is 120 cm³/mol. The molecular weight excluding hydrogens is 532 g/mol. The second kappa shape index (κ2) is 12.3. The SMILES string of the molecule is CCC(CNC(=NC)NCCn1cc([N+](=O)[O-])cn1)Oc1cccc(C(F)(F)F)c1.I. The zero-order valence-electron chi connectivity index (χ0n) is 16.9. The summed E-state index contributed by atoms with van der Waals surface area (Å²) in [5, 5.41) is 20.6. The molecule has 1 aromatic heterocycles. The predicted octanol–water partition coefficient (Wildman–Crippen LogP) is 3.45. The molecule has 1 aromatic carbocycles. The average molecular weight is 556 g/mol. The molecule has 0 bridgehead atoms. The lowest BCUT2D eigenvalue weighted by Crippen LogP contribution is -2.43. The van der Waals surface area contributed by atoms with E-state index in [9.17, 15) is 23.3 Å². The minimum absolute atomic E-state index is 0. The molecule has 1 heterocycles. The minimum atomic E-state index is -4.43. The first-order chi connectivity index (χ1) is 14.2. The van der Waals surface area contributed by atoms with Gasteiger partial charge in [-0.1, -0.05) is 13.0 Å². The van der Waals surface area contributed by atoms with Crippen molar-refractivity contribution in [1.82, 2.24) is 20.4 Å². The normalized spacial score (nSPS) is 12.6. The number of rotatable bonds is 9. The van der Waals surface area contributed by atoms with Crippen molar-refractivity contribution in [2.75, 3.05) is 20.1 Å².